The van der Waals surface area contributed by atoms with Crippen LogP contribution < -0.4 is 10.6 Å². The number of hydrogen-bond acceptors (Lipinski definition) is 4. The molecular weight excluding hydrogens is 230 g/mol. The summed E-state index contributed by atoms with van der Waals surface area (Å²) in [5.74, 6) is 0.859. The summed E-state index contributed by atoms with van der Waals surface area (Å²) < 4.78 is 4.51. The van der Waals surface area contributed by atoms with Gasteiger partial charge in [-0.15, -0.1) is 0 Å². The highest BCUT2D eigenvalue weighted by Crippen LogP contribution is 2.21. The van der Waals surface area contributed by atoms with Gasteiger partial charge in [0.1, 0.15) is 5.82 Å². The average Bonchev–Trinajstić information content (AvgIpc) is 2.42. The molecule has 98 valence electrons. The molecule has 0 aliphatic heterocycles. The van der Waals surface area contributed by atoms with E-state index in [9.17, 15) is 4.79 Å². The van der Waals surface area contributed by atoms with Crippen LogP contribution in [0.3, 0.4) is 0 Å². The Bertz CT molecular complexity index is 386. The normalized spacial score (nSPS) is 16.1. The first-order valence-electron chi connectivity index (χ1n) is 6.35. The van der Waals surface area contributed by atoms with Crippen LogP contribution >= 0.6 is 0 Å². The molecule has 5 heteroatoms. The monoisotopic (exact) mass is 249 g/mol. The fraction of sp³-hybridized carbons (Fsp3) is 0.538. The number of nitrogens with zero attached hydrogens (tertiary/aromatic N) is 1. The van der Waals surface area contributed by atoms with Crippen molar-refractivity contribution in [3.63, 3.8) is 0 Å². The van der Waals surface area contributed by atoms with Crippen LogP contribution in [0.1, 0.15) is 32.1 Å². The van der Waals surface area contributed by atoms with Crippen LogP contribution in [-0.2, 0) is 4.74 Å². The minimum absolute atomic E-state index is 0.482. The van der Waals surface area contributed by atoms with Crippen LogP contribution in [0.25, 0.3) is 0 Å². The first kappa shape index (κ1) is 12.7. The fourth-order valence-electron chi connectivity index (χ4n) is 2.18. The van der Waals surface area contributed by atoms with E-state index < -0.39 is 6.09 Å². The third kappa shape index (κ3) is 3.61. The number of carbonyl (C=O) groups is 1. The number of ether oxygens (including phenoxy) is 1. The summed E-state index contributed by atoms with van der Waals surface area (Å²) in [6.07, 6.45) is 7.49. The number of nitrogens with one attached hydrogen (secondary N) is 2. The van der Waals surface area contributed by atoms with Gasteiger partial charge in [0, 0.05) is 6.04 Å². The second-order valence-corrected chi connectivity index (χ2v) is 4.53. The fourth-order valence-corrected chi connectivity index (χ4v) is 2.18. The molecule has 0 unspecified atom stereocenters. The molecule has 0 spiro atoms. The lowest BCUT2D eigenvalue weighted by atomic mass is 9.95. The van der Waals surface area contributed by atoms with Crippen molar-refractivity contribution in [3.8, 4) is 0 Å². The van der Waals surface area contributed by atoms with Gasteiger partial charge in [-0.2, -0.15) is 0 Å². The number of hydrogen-bond donors (Lipinski definition) is 2. The Kier molecular flexibility index (Phi) is 4.39. The molecule has 1 amide bonds. The lowest BCUT2D eigenvalue weighted by molar-refractivity contribution is 0.187. The quantitative estimate of drug-likeness (QED) is 0.864. The molecule has 1 fully saturated rings. The summed E-state index contributed by atoms with van der Waals surface area (Å²) in [5, 5.41) is 5.99. The number of aromatic nitrogens is 1. The van der Waals surface area contributed by atoms with Gasteiger partial charge >= 0.3 is 6.09 Å². The number of anilines is 2. The highest BCUT2D eigenvalue weighted by Gasteiger charge is 2.13. The van der Waals surface area contributed by atoms with E-state index in [1.807, 2.05) is 12.1 Å². The molecular formula is C13H19N3O2. The minimum atomic E-state index is -0.482. The van der Waals surface area contributed by atoms with E-state index in [0.29, 0.717) is 11.7 Å². The number of amides is 1. The van der Waals surface area contributed by atoms with E-state index in [-0.39, 0.29) is 0 Å². The van der Waals surface area contributed by atoms with Crippen LogP contribution in [0.5, 0.6) is 0 Å². The molecule has 1 aromatic rings. The molecule has 0 saturated heterocycles. The van der Waals surface area contributed by atoms with Gasteiger partial charge in [-0.1, -0.05) is 19.3 Å². The third-order valence-electron chi connectivity index (χ3n) is 3.15. The van der Waals surface area contributed by atoms with E-state index in [0.717, 1.165) is 5.82 Å². The van der Waals surface area contributed by atoms with Gasteiger partial charge in [0.2, 0.25) is 0 Å². The number of carbonyl (C=O) groups excluding carboxylic acids is 1. The highest BCUT2D eigenvalue weighted by molar-refractivity contribution is 5.84. The van der Waals surface area contributed by atoms with Crippen molar-refractivity contribution in [1.29, 1.82) is 0 Å². The van der Waals surface area contributed by atoms with Crippen LogP contribution in [-0.4, -0.2) is 24.2 Å². The minimum Gasteiger partial charge on any atom is -0.453 e. The SMILES string of the molecule is COC(=O)Nc1ccc(NC2CCCCC2)nc1. The summed E-state index contributed by atoms with van der Waals surface area (Å²) in [4.78, 5) is 15.3. The first-order chi connectivity index (χ1) is 8.78. The molecule has 1 heterocycles. The number of pyridine rings is 1. The standard InChI is InChI=1S/C13H19N3O2/c1-18-13(17)16-11-7-8-12(14-9-11)15-10-5-3-2-4-6-10/h7-10H,2-6H2,1H3,(H,14,15)(H,16,17). The zero-order chi connectivity index (χ0) is 12.8. The Morgan fingerprint density at radius 1 is 1.33 bits per heavy atom. The van der Waals surface area contributed by atoms with Crippen molar-refractivity contribution in [3.05, 3.63) is 18.3 Å². The molecule has 1 aliphatic carbocycles. The van der Waals surface area contributed by atoms with Gasteiger partial charge in [0.25, 0.3) is 0 Å². The molecule has 0 aromatic carbocycles. The smallest absolute Gasteiger partial charge is 0.411 e. The molecule has 2 N–H and O–H groups in total. The maximum absolute atomic E-state index is 11.0. The molecule has 2 rings (SSSR count). The molecule has 1 aromatic heterocycles. The summed E-state index contributed by atoms with van der Waals surface area (Å²) in [5.41, 5.74) is 0.635. The van der Waals surface area contributed by atoms with Crippen LogP contribution in [0, 0.1) is 0 Å². The third-order valence-corrected chi connectivity index (χ3v) is 3.15. The van der Waals surface area contributed by atoms with E-state index in [1.54, 1.807) is 6.20 Å². The molecule has 18 heavy (non-hydrogen) atoms. The van der Waals surface area contributed by atoms with Crippen molar-refractivity contribution >= 4 is 17.6 Å². The lowest BCUT2D eigenvalue weighted by Crippen LogP contribution is -2.22. The Hall–Kier alpha value is -1.78. The Labute approximate surface area is 107 Å². The summed E-state index contributed by atoms with van der Waals surface area (Å²) in [6, 6.07) is 4.22. The van der Waals surface area contributed by atoms with E-state index in [2.05, 4.69) is 20.4 Å². The predicted octanol–water partition coefficient (Wildman–Crippen LogP) is 3.00. The highest BCUT2D eigenvalue weighted by atomic mass is 16.5. The number of rotatable bonds is 3. The Morgan fingerprint density at radius 3 is 2.72 bits per heavy atom. The maximum atomic E-state index is 11.0. The van der Waals surface area contributed by atoms with Crippen LogP contribution in [0.4, 0.5) is 16.3 Å². The van der Waals surface area contributed by atoms with Crippen molar-refractivity contribution in [2.75, 3.05) is 17.7 Å². The van der Waals surface area contributed by atoms with Crippen molar-refractivity contribution in [2.24, 2.45) is 0 Å². The van der Waals surface area contributed by atoms with Crippen LogP contribution in [0.2, 0.25) is 0 Å². The second-order valence-electron chi connectivity index (χ2n) is 4.53. The van der Waals surface area contributed by atoms with E-state index in [1.165, 1.54) is 39.2 Å². The average molecular weight is 249 g/mol. The van der Waals surface area contributed by atoms with Gasteiger partial charge in [-0.3, -0.25) is 5.32 Å². The Balaban J connectivity index is 1.88. The second kappa shape index (κ2) is 6.23. The largest absolute Gasteiger partial charge is 0.453 e. The van der Waals surface area contributed by atoms with Gasteiger partial charge in [-0.25, -0.2) is 9.78 Å². The number of methoxy groups -OCH3 is 1. The topological polar surface area (TPSA) is 63.2 Å². The van der Waals surface area contributed by atoms with E-state index >= 15 is 0 Å². The van der Waals surface area contributed by atoms with Gasteiger partial charge < -0.3 is 10.1 Å². The summed E-state index contributed by atoms with van der Waals surface area (Å²) in [7, 11) is 1.34. The molecule has 0 atom stereocenters. The summed E-state index contributed by atoms with van der Waals surface area (Å²) in [6.45, 7) is 0. The molecule has 1 aliphatic rings. The lowest BCUT2D eigenvalue weighted by Gasteiger charge is -2.23. The van der Waals surface area contributed by atoms with Crippen molar-refractivity contribution in [1.82, 2.24) is 4.98 Å². The zero-order valence-electron chi connectivity index (χ0n) is 10.6. The van der Waals surface area contributed by atoms with Crippen molar-refractivity contribution in [2.45, 2.75) is 38.1 Å². The van der Waals surface area contributed by atoms with Gasteiger partial charge in [0.05, 0.1) is 19.0 Å². The van der Waals surface area contributed by atoms with Crippen molar-refractivity contribution < 1.29 is 9.53 Å². The van der Waals surface area contributed by atoms with Gasteiger partial charge in [0.15, 0.2) is 0 Å². The Morgan fingerprint density at radius 2 is 2.11 bits per heavy atom. The van der Waals surface area contributed by atoms with Gasteiger partial charge in [-0.05, 0) is 25.0 Å². The molecule has 5 nitrogen and oxygen atoms in total. The van der Waals surface area contributed by atoms with E-state index in [4.69, 9.17) is 0 Å². The van der Waals surface area contributed by atoms with Crippen LogP contribution in [0.15, 0.2) is 18.3 Å². The summed E-state index contributed by atoms with van der Waals surface area (Å²) >= 11 is 0. The molecule has 0 bridgehead atoms. The molecule has 0 radical (unpaired) electrons. The zero-order valence-corrected chi connectivity index (χ0v) is 10.6. The predicted molar refractivity (Wildman–Crippen MR) is 70.8 cm³/mol. The molecule has 1 saturated carbocycles. The first-order valence-corrected chi connectivity index (χ1v) is 6.35. The maximum Gasteiger partial charge on any atom is 0.411 e.